The fourth-order valence-corrected chi connectivity index (χ4v) is 2.10. The minimum Gasteiger partial charge on any atom is -0.497 e. The van der Waals surface area contributed by atoms with Crippen molar-refractivity contribution in [2.75, 3.05) is 12.4 Å². The largest absolute Gasteiger partial charge is 0.497 e. The van der Waals surface area contributed by atoms with E-state index in [1.165, 1.54) is 0 Å². The van der Waals surface area contributed by atoms with Gasteiger partial charge in [-0.1, -0.05) is 29.3 Å². The van der Waals surface area contributed by atoms with Gasteiger partial charge in [0.1, 0.15) is 11.5 Å². The van der Waals surface area contributed by atoms with Crippen LogP contribution in [0.2, 0.25) is 10.0 Å². The van der Waals surface area contributed by atoms with Gasteiger partial charge in [-0.05, 0) is 37.3 Å². The third kappa shape index (κ3) is 4.29. The molecular weight excluding hydrogens is 325 g/mol. The Balaban J connectivity index is 2.04. The van der Waals surface area contributed by atoms with Crippen molar-refractivity contribution in [2.45, 2.75) is 13.0 Å². The Morgan fingerprint density at radius 2 is 1.86 bits per heavy atom. The molecule has 116 valence electrons. The van der Waals surface area contributed by atoms with Crippen molar-refractivity contribution in [3.63, 3.8) is 0 Å². The Labute approximate surface area is 138 Å². The lowest BCUT2D eigenvalue weighted by atomic mass is 10.3. The van der Waals surface area contributed by atoms with Crippen LogP contribution >= 0.6 is 23.2 Å². The molecule has 2 aromatic rings. The number of hydrogen-bond acceptors (Lipinski definition) is 3. The van der Waals surface area contributed by atoms with Crippen molar-refractivity contribution in [2.24, 2.45) is 0 Å². The number of benzene rings is 2. The first kappa shape index (κ1) is 16.5. The first-order valence-electron chi connectivity index (χ1n) is 6.56. The average molecular weight is 340 g/mol. The standard InChI is InChI=1S/C16H15Cl2NO3/c1-10(22-13-5-3-4-12(9-13)21-2)16(20)19-15-8-11(17)6-7-14(15)18/h3-10H,1-2H3,(H,19,20). The van der Waals surface area contributed by atoms with E-state index in [1.807, 2.05) is 0 Å². The van der Waals surface area contributed by atoms with Crippen molar-refractivity contribution in [3.8, 4) is 11.5 Å². The van der Waals surface area contributed by atoms with Gasteiger partial charge in [0.25, 0.3) is 5.91 Å². The van der Waals surface area contributed by atoms with Crippen molar-refractivity contribution < 1.29 is 14.3 Å². The van der Waals surface area contributed by atoms with Gasteiger partial charge in [-0.2, -0.15) is 0 Å². The molecule has 0 bridgehead atoms. The number of anilines is 1. The molecule has 2 aromatic carbocycles. The predicted octanol–water partition coefficient (Wildman–Crippen LogP) is 4.41. The highest BCUT2D eigenvalue weighted by Gasteiger charge is 2.16. The second kappa shape index (κ2) is 7.38. The Morgan fingerprint density at radius 1 is 1.14 bits per heavy atom. The maximum atomic E-state index is 12.2. The molecule has 0 saturated carbocycles. The van der Waals surface area contributed by atoms with E-state index in [1.54, 1.807) is 56.5 Å². The molecule has 0 saturated heterocycles. The predicted molar refractivity (Wildman–Crippen MR) is 88.2 cm³/mol. The Hall–Kier alpha value is -1.91. The summed E-state index contributed by atoms with van der Waals surface area (Å²) in [6.07, 6.45) is -0.706. The van der Waals surface area contributed by atoms with Gasteiger partial charge in [0.2, 0.25) is 0 Å². The molecule has 22 heavy (non-hydrogen) atoms. The third-order valence-electron chi connectivity index (χ3n) is 2.91. The summed E-state index contributed by atoms with van der Waals surface area (Å²) in [6.45, 7) is 1.65. The Bertz CT molecular complexity index is 676. The third-order valence-corrected chi connectivity index (χ3v) is 3.47. The monoisotopic (exact) mass is 339 g/mol. The minimum absolute atomic E-state index is 0.327. The topological polar surface area (TPSA) is 47.6 Å². The minimum atomic E-state index is -0.706. The number of ether oxygens (including phenoxy) is 2. The van der Waals surface area contributed by atoms with Gasteiger partial charge in [-0.25, -0.2) is 0 Å². The molecule has 0 aliphatic rings. The number of methoxy groups -OCH3 is 1. The SMILES string of the molecule is COc1cccc(OC(C)C(=O)Nc2cc(Cl)ccc2Cl)c1. The van der Waals surface area contributed by atoms with Crippen molar-refractivity contribution in [1.82, 2.24) is 0 Å². The van der Waals surface area contributed by atoms with Gasteiger partial charge < -0.3 is 14.8 Å². The summed E-state index contributed by atoms with van der Waals surface area (Å²) in [7, 11) is 1.57. The maximum Gasteiger partial charge on any atom is 0.265 e. The molecule has 2 rings (SSSR count). The smallest absolute Gasteiger partial charge is 0.265 e. The van der Waals surface area contributed by atoms with Crippen LogP contribution in [0.1, 0.15) is 6.92 Å². The molecular formula is C16H15Cl2NO3. The number of nitrogens with one attached hydrogen (secondary N) is 1. The second-order valence-electron chi connectivity index (χ2n) is 4.55. The van der Waals surface area contributed by atoms with Gasteiger partial charge in [0.15, 0.2) is 6.10 Å². The lowest BCUT2D eigenvalue weighted by molar-refractivity contribution is -0.122. The maximum absolute atomic E-state index is 12.2. The quantitative estimate of drug-likeness (QED) is 0.877. The average Bonchev–Trinajstić information content (AvgIpc) is 2.51. The summed E-state index contributed by atoms with van der Waals surface area (Å²) in [5.41, 5.74) is 0.445. The van der Waals surface area contributed by atoms with Crippen molar-refractivity contribution in [3.05, 3.63) is 52.5 Å². The van der Waals surface area contributed by atoms with Crippen LogP contribution in [-0.2, 0) is 4.79 Å². The summed E-state index contributed by atoms with van der Waals surface area (Å²) in [4.78, 5) is 12.2. The highest BCUT2D eigenvalue weighted by molar-refractivity contribution is 6.35. The lowest BCUT2D eigenvalue weighted by Crippen LogP contribution is -2.30. The van der Waals surface area contributed by atoms with Crippen LogP contribution in [0.4, 0.5) is 5.69 Å². The van der Waals surface area contributed by atoms with Crippen molar-refractivity contribution in [1.29, 1.82) is 0 Å². The number of halogens is 2. The summed E-state index contributed by atoms with van der Waals surface area (Å²) >= 11 is 11.9. The van der Waals surface area contributed by atoms with E-state index in [-0.39, 0.29) is 5.91 Å². The second-order valence-corrected chi connectivity index (χ2v) is 5.40. The fraction of sp³-hybridized carbons (Fsp3) is 0.188. The van der Waals surface area contributed by atoms with Crippen LogP contribution in [0.3, 0.4) is 0 Å². The van der Waals surface area contributed by atoms with Gasteiger partial charge >= 0.3 is 0 Å². The first-order chi connectivity index (χ1) is 10.5. The number of carbonyl (C=O) groups is 1. The molecule has 0 aromatic heterocycles. The zero-order valence-corrected chi connectivity index (χ0v) is 13.6. The molecule has 6 heteroatoms. The lowest BCUT2D eigenvalue weighted by Gasteiger charge is -2.16. The number of rotatable bonds is 5. The van der Waals surface area contributed by atoms with Gasteiger partial charge in [0.05, 0.1) is 17.8 Å². The summed E-state index contributed by atoms with van der Waals surface area (Å²) < 4.78 is 10.7. The van der Waals surface area contributed by atoms with Crippen LogP contribution in [0.5, 0.6) is 11.5 Å². The van der Waals surface area contributed by atoms with E-state index in [4.69, 9.17) is 32.7 Å². The van der Waals surface area contributed by atoms with E-state index in [0.29, 0.717) is 27.2 Å². The van der Waals surface area contributed by atoms with Gasteiger partial charge in [-0.15, -0.1) is 0 Å². The van der Waals surface area contributed by atoms with Crippen molar-refractivity contribution >= 4 is 34.8 Å². The van der Waals surface area contributed by atoms with Crippen LogP contribution in [0.15, 0.2) is 42.5 Å². The number of carbonyl (C=O) groups excluding carboxylic acids is 1. The highest BCUT2D eigenvalue weighted by Crippen LogP contribution is 2.26. The molecule has 0 fully saturated rings. The highest BCUT2D eigenvalue weighted by atomic mass is 35.5. The van der Waals surface area contributed by atoms with Crippen LogP contribution in [-0.4, -0.2) is 19.1 Å². The molecule has 1 N–H and O–H groups in total. The van der Waals surface area contributed by atoms with Gasteiger partial charge in [-0.3, -0.25) is 4.79 Å². The van der Waals surface area contributed by atoms with E-state index < -0.39 is 6.10 Å². The van der Waals surface area contributed by atoms with E-state index in [9.17, 15) is 4.79 Å². The van der Waals surface area contributed by atoms with E-state index in [0.717, 1.165) is 0 Å². The Morgan fingerprint density at radius 3 is 2.59 bits per heavy atom. The molecule has 4 nitrogen and oxygen atoms in total. The molecule has 0 heterocycles. The summed E-state index contributed by atoms with van der Waals surface area (Å²) in [5.74, 6) is 0.870. The molecule has 1 amide bonds. The zero-order chi connectivity index (χ0) is 16.1. The van der Waals surface area contributed by atoms with Crippen LogP contribution in [0.25, 0.3) is 0 Å². The zero-order valence-electron chi connectivity index (χ0n) is 12.1. The normalized spacial score (nSPS) is 11.6. The molecule has 1 unspecified atom stereocenters. The summed E-state index contributed by atoms with van der Waals surface area (Å²) in [5, 5.41) is 3.58. The molecule has 0 radical (unpaired) electrons. The van der Waals surface area contributed by atoms with Crippen LogP contribution in [0, 0.1) is 0 Å². The first-order valence-corrected chi connectivity index (χ1v) is 7.32. The molecule has 0 spiro atoms. The number of amides is 1. The Kier molecular flexibility index (Phi) is 5.52. The fourth-order valence-electron chi connectivity index (χ4n) is 1.76. The van der Waals surface area contributed by atoms with E-state index in [2.05, 4.69) is 5.32 Å². The molecule has 0 aliphatic heterocycles. The summed E-state index contributed by atoms with van der Waals surface area (Å²) in [6, 6.07) is 11.9. The van der Waals surface area contributed by atoms with Gasteiger partial charge in [0, 0.05) is 11.1 Å². The van der Waals surface area contributed by atoms with E-state index >= 15 is 0 Å². The number of hydrogen-bond donors (Lipinski definition) is 1. The van der Waals surface area contributed by atoms with Crippen LogP contribution < -0.4 is 14.8 Å². The molecule has 1 atom stereocenters. The molecule has 0 aliphatic carbocycles.